The second-order valence-electron chi connectivity index (χ2n) is 6.09. The Kier molecular flexibility index (Phi) is 3.82. The van der Waals surface area contributed by atoms with Crippen molar-refractivity contribution in [3.05, 3.63) is 55.7 Å². The Labute approximate surface area is 153 Å². The van der Waals surface area contributed by atoms with Gasteiger partial charge in [-0.05, 0) is 48.4 Å². The van der Waals surface area contributed by atoms with Crippen molar-refractivity contribution in [3.8, 4) is 0 Å². The van der Waals surface area contributed by atoms with E-state index in [9.17, 15) is 9.59 Å². The summed E-state index contributed by atoms with van der Waals surface area (Å²) >= 11 is 13.6. The lowest BCUT2D eigenvalue weighted by Crippen LogP contribution is -2.46. The molecule has 2 aliphatic rings. The van der Waals surface area contributed by atoms with Gasteiger partial charge in [0.25, 0.3) is 5.91 Å². The Morgan fingerprint density at radius 2 is 2.04 bits per heavy atom. The van der Waals surface area contributed by atoms with Crippen LogP contribution in [0.3, 0.4) is 0 Å². The number of benzene rings is 1. The monoisotopic (exact) mass is 380 g/mol. The number of fused-ring (bicyclic) bond motifs is 2. The number of carbonyl (C=O) groups is 2. The van der Waals surface area contributed by atoms with Gasteiger partial charge in [0.15, 0.2) is 0 Å². The summed E-state index contributed by atoms with van der Waals surface area (Å²) in [7, 11) is 0. The summed E-state index contributed by atoms with van der Waals surface area (Å²) in [4.78, 5) is 28.0. The minimum Gasteiger partial charge on any atom is -0.319 e. The van der Waals surface area contributed by atoms with Crippen molar-refractivity contribution in [1.82, 2.24) is 10.2 Å². The summed E-state index contributed by atoms with van der Waals surface area (Å²) in [6.07, 6.45) is 2.49. The van der Waals surface area contributed by atoms with Crippen molar-refractivity contribution < 1.29 is 9.59 Å². The van der Waals surface area contributed by atoms with E-state index in [0.717, 1.165) is 24.0 Å². The van der Waals surface area contributed by atoms with E-state index >= 15 is 0 Å². The molecule has 24 heavy (non-hydrogen) atoms. The summed E-state index contributed by atoms with van der Waals surface area (Å²) in [5.74, 6) is -0.182. The summed E-state index contributed by atoms with van der Waals surface area (Å²) in [5.41, 5.74) is 0.820. The quantitative estimate of drug-likeness (QED) is 0.787. The molecule has 2 heterocycles. The lowest BCUT2D eigenvalue weighted by atomic mass is 9.80. The smallest absolute Gasteiger partial charge is 0.319 e. The first kappa shape index (κ1) is 15.9. The molecule has 0 radical (unpaired) electrons. The van der Waals surface area contributed by atoms with Crippen LogP contribution in [0.1, 0.15) is 28.8 Å². The molecule has 124 valence electrons. The highest BCUT2D eigenvalue weighted by Gasteiger charge is 2.54. The highest BCUT2D eigenvalue weighted by molar-refractivity contribution is 7.10. The average Bonchev–Trinajstić information content (AvgIpc) is 3.12. The van der Waals surface area contributed by atoms with Crippen molar-refractivity contribution in [3.63, 3.8) is 0 Å². The van der Waals surface area contributed by atoms with E-state index in [4.69, 9.17) is 23.2 Å². The molecule has 1 N–H and O–H groups in total. The molecule has 1 aromatic heterocycles. The molecule has 1 aliphatic heterocycles. The van der Waals surface area contributed by atoms with Gasteiger partial charge in [-0.2, -0.15) is 0 Å². The molecule has 1 aromatic carbocycles. The van der Waals surface area contributed by atoms with Gasteiger partial charge in [-0.15, -0.1) is 11.3 Å². The lowest BCUT2D eigenvalue weighted by Gasteiger charge is -2.31. The van der Waals surface area contributed by atoms with Crippen LogP contribution in [-0.4, -0.2) is 16.8 Å². The fraction of sp³-hybridized carbons (Fsp3) is 0.294. The van der Waals surface area contributed by atoms with Crippen LogP contribution in [0.2, 0.25) is 10.0 Å². The first-order chi connectivity index (χ1) is 11.5. The molecule has 1 atom stereocenters. The fourth-order valence-electron chi connectivity index (χ4n) is 3.51. The van der Waals surface area contributed by atoms with Crippen molar-refractivity contribution in [1.29, 1.82) is 0 Å². The second-order valence-corrected chi connectivity index (χ2v) is 7.90. The molecule has 1 saturated heterocycles. The van der Waals surface area contributed by atoms with Crippen LogP contribution in [0, 0.1) is 0 Å². The van der Waals surface area contributed by atoms with Crippen molar-refractivity contribution in [2.75, 3.05) is 0 Å². The number of hydrogen-bond donors (Lipinski definition) is 1. The zero-order valence-electron chi connectivity index (χ0n) is 12.6. The Bertz CT molecular complexity index is 851. The van der Waals surface area contributed by atoms with Gasteiger partial charge < -0.3 is 5.32 Å². The van der Waals surface area contributed by atoms with E-state index in [2.05, 4.69) is 5.32 Å². The first-order valence-electron chi connectivity index (χ1n) is 7.66. The van der Waals surface area contributed by atoms with Crippen LogP contribution in [0.5, 0.6) is 0 Å². The molecule has 3 amide bonds. The molecule has 7 heteroatoms. The standard InChI is InChI=1S/C17H14Cl2N2O2S/c18-12-4-3-10(8-13(12)19)9-21-15(22)17(20-16(21)23)6-1-2-14-11(17)5-7-24-14/h3-5,7-8H,1-2,6,9H2,(H,20,23)/t17-/m1/s1. The summed E-state index contributed by atoms with van der Waals surface area (Å²) in [6.45, 7) is 0.183. The third-order valence-corrected chi connectivity index (χ3v) is 6.38. The molecular weight excluding hydrogens is 367 g/mol. The fourth-order valence-corrected chi connectivity index (χ4v) is 4.83. The van der Waals surface area contributed by atoms with E-state index in [-0.39, 0.29) is 18.5 Å². The number of amides is 3. The number of rotatable bonds is 2. The number of nitrogens with zero attached hydrogens (tertiary/aromatic N) is 1. The van der Waals surface area contributed by atoms with E-state index in [1.165, 1.54) is 9.78 Å². The maximum Gasteiger partial charge on any atom is 0.325 e. The first-order valence-corrected chi connectivity index (χ1v) is 9.30. The Morgan fingerprint density at radius 1 is 1.21 bits per heavy atom. The zero-order chi connectivity index (χ0) is 16.9. The summed E-state index contributed by atoms with van der Waals surface area (Å²) in [6, 6.07) is 6.73. The lowest BCUT2D eigenvalue weighted by molar-refractivity contribution is -0.132. The van der Waals surface area contributed by atoms with Crippen LogP contribution in [0.4, 0.5) is 4.79 Å². The van der Waals surface area contributed by atoms with Gasteiger partial charge >= 0.3 is 6.03 Å². The zero-order valence-corrected chi connectivity index (χ0v) is 15.0. The highest BCUT2D eigenvalue weighted by Crippen LogP contribution is 2.42. The molecule has 1 spiro atoms. The van der Waals surface area contributed by atoms with E-state index in [1.54, 1.807) is 29.5 Å². The van der Waals surface area contributed by atoms with E-state index < -0.39 is 5.54 Å². The van der Waals surface area contributed by atoms with E-state index in [1.807, 2.05) is 11.4 Å². The number of urea groups is 1. The maximum atomic E-state index is 13.1. The summed E-state index contributed by atoms with van der Waals surface area (Å²) < 4.78 is 0. The Hall–Kier alpha value is -1.56. The number of imide groups is 1. The molecule has 0 saturated carbocycles. The Morgan fingerprint density at radius 3 is 2.83 bits per heavy atom. The minimum atomic E-state index is -0.902. The average molecular weight is 381 g/mol. The van der Waals surface area contributed by atoms with Gasteiger partial charge in [-0.3, -0.25) is 9.69 Å². The van der Waals surface area contributed by atoms with Gasteiger partial charge in [0.2, 0.25) is 0 Å². The normalized spacial score (nSPS) is 22.8. The maximum absolute atomic E-state index is 13.1. The number of halogens is 2. The molecule has 1 aliphatic carbocycles. The third-order valence-electron chi connectivity index (χ3n) is 4.66. The third kappa shape index (κ3) is 2.34. The van der Waals surface area contributed by atoms with Gasteiger partial charge in [0.1, 0.15) is 5.54 Å². The Balaban J connectivity index is 1.67. The largest absolute Gasteiger partial charge is 0.325 e. The SMILES string of the molecule is O=C1N[C@@]2(CCCc3sccc32)C(=O)N1Cc1ccc(Cl)c(Cl)c1. The van der Waals surface area contributed by atoms with Gasteiger partial charge in [-0.25, -0.2) is 4.79 Å². The van der Waals surface area contributed by atoms with Crippen LogP contribution < -0.4 is 5.32 Å². The number of hydrogen-bond acceptors (Lipinski definition) is 3. The minimum absolute atomic E-state index is 0.182. The molecule has 2 aromatic rings. The van der Waals surface area contributed by atoms with Gasteiger partial charge in [-0.1, -0.05) is 29.3 Å². The van der Waals surface area contributed by atoms with Crippen molar-refractivity contribution >= 4 is 46.5 Å². The number of nitrogens with one attached hydrogen (secondary N) is 1. The van der Waals surface area contributed by atoms with Crippen LogP contribution in [-0.2, 0) is 23.3 Å². The van der Waals surface area contributed by atoms with Crippen molar-refractivity contribution in [2.45, 2.75) is 31.3 Å². The van der Waals surface area contributed by atoms with Gasteiger partial charge in [0, 0.05) is 10.4 Å². The number of thiophene rings is 1. The van der Waals surface area contributed by atoms with Crippen molar-refractivity contribution in [2.24, 2.45) is 0 Å². The van der Waals surface area contributed by atoms with Crippen LogP contribution in [0.25, 0.3) is 0 Å². The van der Waals surface area contributed by atoms with Crippen LogP contribution >= 0.6 is 34.5 Å². The molecule has 4 rings (SSSR count). The summed E-state index contributed by atoms with van der Waals surface area (Å²) in [5, 5.41) is 5.79. The topological polar surface area (TPSA) is 49.4 Å². The molecule has 1 fully saturated rings. The predicted molar refractivity (Wildman–Crippen MR) is 94.5 cm³/mol. The number of aryl methyl sites for hydroxylation is 1. The van der Waals surface area contributed by atoms with Gasteiger partial charge in [0.05, 0.1) is 16.6 Å². The second kappa shape index (κ2) is 5.76. The predicted octanol–water partition coefficient (Wildman–Crippen LogP) is 4.34. The molecule has 0 bridgehead atoms. The highest BCUT2D eigenvalue weighted by atomic mass is 35.5. The van der Waals surface area contributed by atoms with Crippen LogP contribution in [0.15, 0.2) is 29.6 Å². The van der Waals surface area contributed by atoms with E-state index in [0.29, 0.717) is 16.5 Å². The molecule has 0 unspecified atom stereocenters. The molecule has 4 nitrogen and oxygen atoms in total. The number of carbonyl (C=O) groups excluding carboxylic acids is 2. The molecular formula is C17H14Cl2N2O2S.